The summed E-state index contributed by atoms with van der Waals surface area (Å²) in [6.07, 6.45) is 24.4. The molecule has 2 aromatic rings. The number of carbonyl (C=O) groups excluding carboxylic acids is 2. The highest BCUT2D eigenvalue weighted by Gasteiger charge is 2.09. The Morgan fingerprint density at radius 3 is 1.36 bits per heavy atom. The minimum absolute atomic E-state index is 0.198. The SMILES string of the molecule is CCCCCCCCCCCCC(=O)Oc1cnc(-c2ccc(OC(=O)CCCCCCCCC)cc2)nc1. The molecule has 0 aliphatic rings. The Morgan fingerprint density at radius 1 is 0.538 bits per heavy atom. The maximum absolute atomic E-state index is 12.1. The first-order valence-corrected chi connectivity index (χ1v) is 15.5. The zero-order valence-corrected chi connectivity index (χ0v) is 24.4. The van der Waals surface area contributed by atoms with Gasteiger partial charge in [0.25, 0.3) is 0 Å². The Balaban J connectivity index is 1.61. The lowest BCUT2D eigenvalue weighted by atomic mass is 10.1. The van der Waals surface area contributed by atoms with Crippen molar-refractivity contribution in [3.8, 4) is 22.9 Å². The summed E-state index contributed by atoms with van der Waals surface area (Å²) in [5.41, 5.74) is 0.796. The van der Waals surface area contributed by atoms with Crippen LogP contribution in [0.15, 0.2) is 36.7 Å². The number of unbranched alkanes of at least 4 members (excludes halogenated alkanes) is 15. The van der Waals surface area contributed by atoms with E-state index in [9.17, 15) is 9.59 Å². The smallest absolute Gasteiger partial charge is 0.311 e. The average molecular weight is 539 g/mol. The van der Waals surface area contributed by atoms with E-state index in [1.807, 2.05) is 12.1 Å². The van der Waals surface area contributed by atoms with Gasteiger partial charge in [-0.1, -0.05) is 110 Å². The molecule has 0 saturated heterocycles. The second-order valence-electron chi connectivity index (χ2n) is 10.5. The molecule has 39 heavy (non-hydrogen) atoms. The summed E-state index contributed by atoms with van der Waals surface area (Å²) in [5, 5.41) is 0. The van der Waals surface area contributed by atoms with E-state index in [2.05, 4.69) is 23.8 Å². The molecule has 1 heterocycles. The topological polar surface area (TPSA) is 78.4 Å². The molecule has 0 atom stereocenters. The Labute approximate surface area is 236 Å². The van der Waals surface area contributed by atoms with E-state index in [0.29, 0.717) is 30.2 Å². The average Bonchev–Trinajstić information content (AvgIpc) is 2.94. The van der Waals surface area contributed by atoms with Crippen LogP contribution in [-0.4, -0.2) is 21.9 Å². The minimum Gasteiger partial charge on any atom is -0.427 e. The molecule has 0 saturated carbocycles. The van der Waals surface area contributed by atoms with Crippen molar-refractivity contribution in [1.82, 2.24) is 9.97 Å². The van der Waals surface area contributed by atoms with Gasteiger partial charge in [-0.2, -0.15) is 0 Å². The van der Waals surface area contributed by atoms with E-state index in [4.69, 9.17) is 9.47 Å². The van der Waals surface area contributed by atoms with E-state index in [1.165, 1.54) is 95.9 Å². The number of hydrogen-bond donors (Lipinski definition) is 0. The van der Waals surface area contributed by atoms with Crippen LogP contribution in [0.2, 0.25) is 0 Å². The fourth-order valence-electron chi connectivity index (χ4n) is 4.54. The third-order valence-electron chi connectivity index (χ3n) is 6.92. The van der Waals surface area contributed by atoms with Crippen LogP contribution in [0.1, 0.15) is 136 Å². The molecular weight excluding hydrogens is 488 g/mol. The molecule has 0 fully saturated rings. The Bertz CT molecular complexity index is 912. The Hall–Kier alpha value is -2.76. The maximum atomic E-state index is 12.1. The number of nitrogens with zero attached hydrogens (tertiary/aromatic N) is 2. The highest BCUT2D eigenvalue weighted by molar-refractivity contribution is 5.73. The molecule has 0 amide bonds. The minimum atomic E-state index is -0.242. The van der Waals surface area contributed by atoms with Gasteiger partial charge < -0.3 is 9.47 Å². The van der Waals surface area contributed by atoms with Crippen molar-refractivity contribution in [3.63, 3.8) is 0 Å². The Morgan fingerprint density at radius 2 is 0.923 bits per heavy atom. The largest absolute Gasteiger partial charge is 0.427 e. The maximum Gasteiger partial charge on any atom is 0.311 e. The van der Waals surface area contributed by atoms with E-state index < -0.39 is 0 Å². The third kappa shape index (κ3) is 15.4. The van der Waals surface area contributed by atoms with E-state index in [-0.39, 0.29) is 11.9 Å². The van der Waals surface area contributed by atoms with Gasteiger partial charge in [0.2, 0.25) is 0 Å². The van der Waals surface area contributed by atoms with E-state index >= 15 is 0 Å². The van der Waals surface area contributed by atoms with Gasteiger partial charge in [0.1, 0.15) is 5.75 Å². The van der Waals surface area contributed by atoms with Gasteiger partial charge in [-0.3, -0.25) is 9.59 Å². The summed E-state index contributed by atoms with van der Waals surface area (Å²) in [5.74, 6) is 0.950. The number of benzene rings is 1. The molecule has 0 radical (unpaired) electrons. The van der Waals surface area contributed by atoms with Crippen molar-refractivity contribution >= 4 is 11.9 Å². The van der Waals surface area contributed by atoms with Crippen LogP contribution >= 0.6 is 0 Å². The van der Waals surface area contributed by atoms with Crippen LogP contribution < -0.4 is 9.47 Å². The highest BCUT2D eigenvalue weighted by Crippen LogP contribution is 2.21. The second-order valence-corrected chi connectivity index (χ2v) is 10.5. The fourth-order valence-corrected chi connectivity index (χ4v) is 4.54. The number of rotatable bonds is 22. The number of hydrogen-bond acceptors (Lipinski definition) is 6. The van der Waals surface area contributed by atoms with Crippen LogP contribution in [0.3, 0.4) is 0 Å². The van der Waals surface area contributed by atoms with Crippen LogP contribution in [0.25, 0.3) is 11.4 Å². The number of ether oxygens (including phenoxy) is 2. The van der Waals surface area contributed by atoms with Crippen LogP contribution in [-0.2, 0) is 9.59 Å². The number of carbonyl (C=O) groups is 2. The van der Waals surface area contributed by atoms with Gasteiger partial charge in [-0.15, -0.1) is 0 Å². The van der Waals surface area contributed by atoms with Crippen molar-refractivity contribution < 1.29 is 19.1 Å². The number of aromatic nitrogens is 2. The molecule has 2 rings (SSSR count). The van der Waals surface area contributed by atoms with Crippen molar-refractivity contribution in [3.05, 3.63) is 36.7 Å². The fraction of sp³-hybridized carbons (Fsp3) is 0.636. The molecule has 0 aliphatic heterocycles. The van der Waals surface area contributed by atoms with Crippen LogP contribution in [0.5, 0.6) is 11.5 Å². The lowest BCUT2D eigenvalue weighted by Crippen LogP contribution is -2.08. The molecule has 216 valence electrons. The van der Waals surface area contributed by atoms with Gasteiger partial charge in [0, 0.05) is 18.4 Å². The van der Waals surface area contributed by atoms with E-state index in [1.54, 1.807) is 12.1 Å². The molecule has 0 spiro atoms. The van der Waals surface area contributed by atoms with Gasteiger partial charge >= 0.3 is 11.9 Å². The third-order valence-corrected chi connectivity index (χ3v) is 6.92. The molecule has 6 heteroatoms. The summed E-state index contributed by atoms with van der Waals surface area (Å²) >= 11 is 0. The summed E-state index contributed by atoms with van der Waals surface area (Å²) < 4.78 is 10.8. The second kappa shape index (κ2) is 21.1. The normalized spacial score (nSPS) is 10.9. The lowest BCUT2D eigenvalue weighted by Gasteiger charge is -2.07. The first kappa shape index (κ1) is 32.5. The monoisotopic (exact) mass is 538 g/mol. The van der Waals surface area contributed by atoms with Crippen molar-refractivity contribution in [2.75, 3.05) is 0 Å². The van der Waals surface area contributed by atoms with Crippen molar-refractivity contribution in [1.29, 1.82) is 0 Å². The quantitative estimate of drug-likeness (QED) is 0.0844. The van der Waals surface area contributed by atoms with Crippen molar-refractivity contribution in [2.45, 2.75) is 136 Å². The van der Waals surface area contributed by atoms with Gasteiger partial charge in [0.15, 0.2) is 11.6 Å². The highest BCUT2D eigenvalue weighted by atomic mass is 16.5. The molecule has 0 unspecified atom stereocenters. The zero-order valence-electron chi connectivity index (χ0n) is 24.4. The molecule has 6 nitrogen and oxygen atoms in total. The molecule has 0 bridgehead atoms. The van der Waals surface area contributed by atoms with Crippen LogP contribution in [0, 0.1) is 0 Å². The summed E-state index contributed by atoms with van der Waals surface area (Å²) in [6, 6.07) is 7.15. The molecule has 0 N–H and O–H groups in total. The van der Waals surface area contributed by atoms with Crippen molar-refractivity contribution in [2.24, 2.45) is 0 Å². The van der Waals surface area contributed by atoms with Crippen LogP contribution in [0.4, 0.5) is 0 Å². The molecular formula is C33H50N2O4. The van der Waals surface area contributed by atoms with E-state index in [0.717, 1.165) is 31.2 Å². The zero-order chi connectivity index (χ0) is 28.0. The summed E-state index contributed by atoms with van der Waals surface area (Å²) in [6.45, 7) is 4.46. The standard InChI is InChI=1S/C33H50N2O4/c1-3-5-7-9-11-12-13-15-17-19-21-32(37)39-30-26-34-33(35-27-30)28-22-24-29(25-23-28)38-31(36)20-18-16-14-10-8-6-4-2/h22-27H,3-21H2,1-2H3. The molecule has 1 aromatic carbocycles. The lowest BCUT2D eigenvalue weighted by molar-refractivity contribution is -0.135. The van der Waals surface area contributed by atoms with Gasteiger partial charge in [0.05, 0.1) is 12.4 Å². The Kier molecular flexibility index (Phi) is 17.6. The molecule has 1 aromatic heterocycles. The molecule has 0 aliphatic carbocycles. The predicted molar refractivity (Wildman–Crippen MR) is 158 cm³/mol. The number of esters is 2. The van der Waals surface area contributed by atoms with Gasteiger partial charge in [-0.25, -0.2) is 9.97 Å². The first-order chi connectivity index (χ1) is 19.1. The summed E-state index contributed by atoms with van der Waals surface area (Å²) in [7, 11) is 0. The summed E-state index contributed by atoms with van der Waals surface area (Å²) in [4.78, 5) is 32.9. The predicted octanol–water partition coefficient (Wildman–Crippen LogP) is 9.41. The first-order valence-electron chi connectivity index (χ1n) is 15.5. The van der Waals surface area contributed by atoms with Gasteiger partial charge in [-0.05, 0) is 37.1 Å².